The molecule has 0 bridgehead atoms. The standard InChI is InChI=1S/C15H22N4O/c1-4-10-17-14(16)19-15(20)18-13-11(5-2)8-7-9-12(13)6-3/h4,7-9H,1,5-6,10H2,2-3H3,(H4,16,17,18,19,20). The van der Waals surface area contributed by atoms with Crippen molar-refractivity contribution in [3.63, 3.8) is 0 Å². The van der Waals surface area contributed by atoms with Crippen molar-refractivity contribution in [2.24, 2.45) is 10.7 Å². The second-order valence-corrected chi connectivity index (χ2v) is 4.25. The van der Waals surface area contributed by atoms with Gasteiger partial charge in [-0.1, -0.05) is 38.1 Å². The summed E-state index contributed by atoms with van der Waals surface area (Å²) in [5, 5.41) is 5.35. The number of amides is 2. The van der Waals surface area contributed by atoms with Gasteiger partial charge in [-0.05, 0) is 24.0 Å². The normalized spacial score (nSPS) is 11.0. The van der Waals surface area contributed by atoms with Gasteiger partial charge < -0.3 is 11.1 Å². The van der Waals surface area contributed by atoms with E-state index in [4.69, 9.17) is 5.73 Å². The van der Waals surface area contributed by atoms with Crippen LogP contribution in [0.4, 0.5) is 10.5 Å². The van der Waals surface area contributed by atoms with Crippen LogP contribution in [0.1, 0.15) is 25.0 Å². The Labute approximate surface area is 120 Å². The molecular weight excluding hydrogens is 252 g/mol. The Bertz CT molecular complexity index is 486. The maximum atomic E-state index is 11.9. The second-order valence-electron chi connectivity index (χ2n) is 4.25. The third-order valence-electron chi connectivity index (χ3n) is 2.87. The highest BCUT2D eigenvalue weighted by Crippen LogP contribution is 2.22. The summed E-state index contributed by atoms with van der Waals surface area (Å²) in [6, 6.07) is 5.63. The first-order valence-corrected chi connectivity index (χ1v) is 6.71. The molecular formula is C15H22N4O. The van der Waals surface area contributed by atoms with E-state index in [-0.39, 0.29) is 12.0 Å². The smallest absolute Gasteiger partial charge is 0.326 e. The summed E-state index contributed by atoms with van der Waals surface area (Å²) in [6.07, 6.45) is 3.31. The number of carbonyl (C=O) groups is 1. The summed E-state index contributed by atoms with van der Waals surface area (Å²) in [7, 11) is 0. The van der Waals surface area contributed by atoms with E-state index < -0.39 is 0 Å². The van der Waals surface area contributed by atoms with Crippen molar-refractivity contribution in [2.75, 3.05) is 11.9 Å². The van der Waals surface area contributed by atoms with E-state index in [9.17, 15) is 4.79 Å². The van der Waals surface area contributed by atoms with Gasteiger partial charge in [0.1, 0.15) is 0 Å². The van der Waals surface area contributed by atoms with Crippen LogP contribution in [0.5, 0.6) is 0 Å². The maximum absolute atomic E-state index is 11.9. The zero-order valence-electron chi connectivity index (χ0n) is 12.1. The van der Waals surface area contributed by atoms with Gasteiger partial charge >= 0.3 is 6.03 Å². The second kappa shape index (κ2) is 7.99. The molecule has 4 N–H and O–H groups in total. The number of aliphatic imine (C=N–C) groups is 1. The fourth-order valence-corrected chi connectivity index (χ4v) is 1.87. The van der Waals surface area contributed by atoms with Gasteiger partial charge in [-0.2, -0.15) is 0 Å². The van der Waals surface area contributed by atoms with E-state index in [1.807, 2.05) is 18.2 Å². The molecule has 0 aliphatic rings. The van der Waals surface area contributed by atoms with Crippen molar-refractivity contribution in [2.45, 2.75) is 26.7 Å². The number of anilines is 1. The maximum Gasteiger partial charge on any atom is 0.326 e. The molecule has 0 unspecified atom stereocenters. The molecule has 0 saturated heterocycles. The first-order valence-electron chi connectivity index (χ1n) is 6.71. The quantitative estimate of drug-likeness (QED) is 0.438. The number of carbonyl (C=O) groups excluding carboxylic acids is 1. The minimum Gasteiger partial charge on any atom is -0.370 e. The number of para-hydroxylation sites is 1. The molecule has 1 aromatic carbocycles. The largest absolute Gasteiger partial charge is 0.370 e. The molecule has 0 aliphatic carbocycles. The fraction of sp³-hybridized carbons (Fsp3) is 0.333. The molecule has 5 nitrogen and oxygen atoms in total. The lowest BCUT2D eigenvalue weighted by Gasteiger charge is -2.14. The van der Waals surface area contributed by atoms with Crippen LogP contribution >= 0.6 is 0 Å². The summed E-state index contributed by atoms with van der Waals surface area (Å²) in [6.45, 7) is 8.01. The van der Waals surface area contributed by atoms with E-state index in [1.54, 1.807) is 6.08 Å². The minimum atomic E-state index is -0.383. The molecule has 0 radical (unpaired) electrons. The van der Waals surface area contributed by atoms with Crippen LogP contribution in [-0.4, -0.2) is 18.5 Å². The molecule has 1 aromatic rings. The number of hydrogen-bond donors (Lipinski definition) is 3. The van der Waals surface area contributed by atoms with Crippen molar-refractivity contribution in [1.82, 2.24) is 5.32 Å². The lowest BCUT2D eigenvalue weighted by molar-refractivity contribution is 0.256. The Morgan fingerprint density at radius 1 is 1.35 bits per heavy atom. The van der Waals surface area contributed by atoms with Crippen LogP contribution < -0.4 is 16.4 Å². The zero-order valence-corrected chi connectivity index (χ0v) is 12.1. The zero-order chi connectivity index (χ0) is 15.0. The SMILES string of the molecule is C=CCN=C(N)NC(=O)Nc1c(CC)cccc1CC. The van der Waals surface area contributed by atoms with E-state index in [0.29, 0.717) is 6.54 Å². The highest BCUT2D eigenvalue weighted by molar-refractivity contribution is 6.02. The number of nitrogens with zero attached hydrogens (tertiary/aromatic N) is 1. The van der Waals surface area contributed by atoms with Gasteiger partial charge in [0.15, 0.2) is 5.96 Å². The average molecular weight is 274 g/mol. The Morgan fingerprint density at radius 3 is 2.45 bits per heavy atom. The molecule has 1 rings (SSSR count). The van der Waals surface area contributed by atoms with Gasteiger partial charge in [0, 0.05) is 5.69 Å². The summed E-state index contributed by atoms with van der Waals surface area (Å²) < 4.78 is 0. The number of urea groups is 1. The molecule has 0 aromatic heterocycles. The lowest BCUT2D eigenvalue weighted by Crippen LogP contribution is -2.40. The van der Waals surface area contributed by atoms with Crippen LogP contribution in [-0.2, 0) is 12.8 Å². The molecule has 2 amide bonds. The van der Waals surface area contributed by atoms with Gasteiger partial charge in [0.2, 0.25) is 0 Å². The Kier molecular flexibility index (Phi) is 6.29. The molecule has 108 valence electrons. The third-order valence-corrected chi connectivity index (χ3v) is 2.87. The summed E-state index contributed by atoms with van der Waals surface area (Å²) in [5.74, 6) is 0.0782. The first kappa shape index (κ1) is 15.8. The molecule has 0 saturated carbocycles. The average Bonchev–Trinajstić information content (AvgIpc) is 2.45. The highest BCUT2D eigenvalue weighted by atomic mass is 16.2. The molecule has 20 heavy (non-hydrogen) atoms. The molecule has 0 atom stereocenters. The Balaban J connectivity index is 2.82. The van der Waals surface area contributed by atoms with Gasteiger partial charge in [0.05, 0.1) is 6.54 Å². The Morgan fingerprint density at radius 2 is 1.95 bits per heavy atom. The van der Waals surface area contributed by atoms with E-state index in [2.05, 4.69) is 36.1 Å². The van der Waals surface area contributed by atoms with Crippen molar-refractivity contribution in [3.05, 3.63) is 42.0 Å². The summed E-state index contributed by atoms with van der Waals surface area (Å²) in [4.78, 5) is 15.8. The molecule has 0 aliphatic heterocycles. The number of benzene rings is 1. The number of nitrogens with two attached hydrogens (primary N) is 1. The van der Waals surface area contributed by atoms with Crippen molar-refractivity contribution < 1.29 is 4.79 Å². The minimum absolute atomic E-state index is 0.0782. The fourth-order valence-electron chi connectivity index (χ4n) is 1.87. The van der Waals surface area contributed by atoms with Crippen molar-refractivity contribution >= 4 is 17.7 Å². The predicted octanol–water partition coefficient (Wildman–Crippen LogP) is 2.43. The Hall–Kier alpha value is -2.30. The van der Waals surface area contributed by atoms with Crippen LogP contribution in [0.3, 0.4) is 0 Å². The number of guanidine groups is 1. The van der Waals surface area contributed by atoms with Gasteiger partial charge in [-0.15, -0.1) is 6.58 Å². The van der Waals surface area contributed by atoms with Crippen LogP contribution in [0.2, 0.25) is 0 Å². The first-order chi connectivity index (χ1) is 9.62. The summed E-state index contributed by atoms with van der Waals surface area (Å²) >= 11 is 0. The van der Waals surface area contributed by atoms with E-state index in [0.717, 1.165) is 29.7 Å². The number of rotatable bonds is 5. The van der Waals surface area contributed by atoms with Crippen LogP contribution in [0, 0.1) is 0 Å². The molecule has 0 spiro atoms. The van der Waals surface area contributed by atoms with Crippen LogP contribution in [0.15, 0.2) is 35.8 Å². The van der Waals surface area contributed by atoms with Gasteiger partial charge in [0.25, 0.3) is 0 Å². The van der Waals surface area contributed by atoms with Crippen molar-refractivity contribution in [3.8, 4) is 0 Å². The van der Waals surface area contributed by atoms with Gasteiger partial charge in [-0.25, -0.2) is 9.79 Å². The lowest BCUT2D eigenvalue weighted by atomic mass is 10.0. The molecule has 0 heterocycles. The highest BCUT2D eigenvalue weighted by Gasteiger charge is 2.10. The van der Waals surface area contributed by atoms with Gasteiger partial charge in [-0.3, -0.25) is 5.32 Å². The monoisotopic (exact) mass is 274 g/mol. The topological polar surface area (TPSA) is 79.5 Å². The van der Waals surface area contributed by atoms with E-state index in [1.165, 1.54) is 0 Å². The van der Waals surface area contributed by atoms with E-state index >= 15 is 0 Å². The predicted molar refractivity (Wildman–Crippen MR) is 84.0 cm³/mol. The van der Waals surface area contributed by atoms with Crippen molar-refractivity contribution in [1.29, 1.82) is 0 Å². The van der Waals surface area contributed by atoms with Crippen LogP contribution in [0.25, 0.3) is 0 Å². The number of aryl methyl sites for hydroxylation is 2. The third kappa shape index (κ3) is 4.42. The number of nitrogens with one attached hydrogen (secondary N) is 2. The molecule has 0 fully saturated rings. The summed E-state index contributed by atoms with van der Waals surface area (Å²) in [5.41, 5.74) is 8.64. The molecule has 5 heteroatoms. The number of hydrogen-bond acceptors (Lipinski definition) is 2.